The summed E-state index contributed by atoms with van der Waals surface area (Å²) in [5, 5.41) is 14.0. The number of benzene rings is 1. The molecule has 2 aromatic rings. The molecule has 21 heavy (non-hydrogen) atoms. The van der Waals surface area contributed by atoms with Gasteiger partial charge in [0.15, 0.2) is 0 Å². The number of carbonyl (C=O) groups is 2. The molecular weight excluding hydrogens is 270 g/mol. The van der Waals surface area contributed by atoms with Gasteiger partial charge in [0.1, 0.15) is 5.69 Å². The van der Waals surface area contributed by atoms with E-state index in [4.69, 9.17) is 5.11 Å². The van der Waals surface area contributed by atoms with Crippen molar-refractivity contribution in [3.8, 4) is 0 Å². The van der Waals surface area contributed by atoms with Crippen molar-refractivity contribution in [1.29, 1.82) is 0 Å². The van der Waals surface area contributed by atoms with Crippen molar-refractivity contribution in [1.82, 2.24) is 4.98 Å². The molecule has 3 N–H and O–H groups in total. The van der Waals surface area contributed by atoms with Crippen LogP contribution in [0.1, 0.15) is 23.0 Å². The number of nitrogens with zero attached hydrogens (tertiary/aromatic N) is 1. The van der Waals surface area contributed by atoms with Crippen LogP contribution in [0.2, 0.25) is 0 Å². The lowest BCUT2D eigenvalue weighted by Gasteiger charge is -2.08. The minimum Gasteiger partial charge on any atom is -0.477 e. The van der Waals surface area contributed by atoms with Crippen LogP contribution in [-0.4, -0.2) is 22.1 Å². The second-order valence-corrected chi connectivity index (χ2v) is 4.37. The highest BCUT2D eigenvalue weighted by atomic mass is 16.4. The van der Waals surface area contributed by atoms with Gasteiger partial charge in [-0.25, -0.2) is 14.6 Å². The maximum atomic E-state index is 11.8. The van der Waals surface area contributed by atoms with Crippen molar-refractivity contribution in [3.63, 3.8) is 0 Å². The Hall–Kier alpha value is -2.89. The fourth-order valence-corrected chi connectivity index (χ4v) is 1.71. The minimum atomic E-state index is -1.11. The predicted molar refractivity (Wildman–Crippen MR) is 79.7 cm³/mol. The van der Waals surface area contributed by atoms with Crippen LogP contribution in [0.15, 0.2) is 42.6 Å². The van der Waals surface area contributed by atoms with Crippen LogP contribution in [0.25, 0.3) is 0 Å². The van der Waals surface area contributed by atoms with Gasteiger partial charge in [-0.3, -0.25) is 0 Å². The number of rotatable bonds is 4. The molecule has 0 spiro atoms. The monoisotopic (exact) mass is 285 g/mol. The van der Waals surface area contributed by atoms with E-state index in [1.54, 1.807) is 0 Å². The third-order valence-electron chi connectivity index (χ3n) is 2.86. The molecule has 0 atom stereocenters. The number of pyridine rings is 1. The van der Waals surface area contributed by atoms with Gasteiger partial charge in [0.25, 0.3) is 0 Å². The van der Waals surface area contributed by atoms with Crippen LogP contribution < -0.4 is 10.6 Å². The molecule has 0 aliphatic heterocycles. The Morgan fingerprint density at radius 3 is 2.19 bits per heavy atom. The summed E-state index contributed by atoms with van der Waals surface area (Å²) in [5.74, 6) is -1.11. The molecule has 2 amide bonds. The first kappa shape index (κ1) is 14.5. The summed E-state index contributed by atoms with van der Waals surface area (Å²) < 4.78 is 0. The topological polar surface area (TPSA) is 91.3 Å². The standard InChI is InChI=1S/C15H15N3O3/c1-2-10-3-5-11(6-4-10)17-15(21)18-12-7-8-13(14(19)20)16-9-12/h3-9H,2H2,1H3,(H,19,20)(H2,17,18,21). The third kappa shape index (κ3) is 4.04. The Morgan fingerprint density at radius 2 is 1.67 bits per heavy atom. The highest BCUT2D eigenvalue weighted by molar-refractivity contribution is 5.99. The van der Waals surface area contributed by atoms with E-state index in [1.807, 2.05) is 24.3 Å². The average molecular weight is 285 g/mol. The van der Waals surface area contributed by atoms with E-state index in [1.165, 1.54) is 23.9 Å². The maximum Gasteiger partial charge on any atom is 0.354 e. The molecule has 1 aromatic carbocycles. The van der Waals surface area contributed by atoms with E-state index in [9.17, 15) is 9.59 Å². The largest absolute Gasteiger partial charge is 0.477 e. The van der Waals surface area contributed by atoms with Crippen LogP contribution in [0.5, 0.6) is 0 Å². The van der Waals surface area contributed by atoms with Gasteiger partial charge < -0.3 is 15.7 Å². The summed E-state index contributed by atoms with van der Waals surface area (Å²) >= 11 is 0. The van der Waals surface area contributed by atoms with Gasteiger partial charge in [-0.05, 0) is 36.2 Å². The van der Waals surface area contributed by atoms with Crippen molar-refractivity contribution in [2.45, 2.75) is 13.3 Å². The van der Waals surface area contributed by atoms with Crippen molar-refractivity contribution in [2.75, 3.05) is 10.6 Å². The zero-order valence-electron chi connectivity index (χ0n) is 11.5. The van der Waals surface area contributed by atoms with E-state index in [0.29, 0.717) is 11.4 Å². The van der Waals surface area contributed by atoms with E-state index in [0.717, 1.165) is 6.42 Å². The van der Waals surface area contributed by atoms with E-state index < -0.39 is 12.0 Å². The number of urea groups is 1. The molecule has 0 bridgehead atoms. The molecule has 6 nitrogen and oxygen atoms in total. The fourth-order valence-electron chi connectivity index (χ4n) is 1.71. The molecule has 0 radical (unpaired) electrons. The Bertz CT molecular complexity index is 636. The molecular formula is C15H15N3O3. The Balaban J connectivity index is 1.95. The lowest BCUT2D eigenvalue weighted by Crippen LogP contribution is -2.19. The van der Waals surface area contributed by atoms with E-state index in [-0.39, 0.29) is 5.69 Å². The van der Waals surface area contributed by atoms with Gasteiger partial charge >= 0.3 is 12.0 Å². The number of anilines is 2. The SMILES string of the molecule is CCc1ccc(NC(=O)Nc2ccc(C(=O)O)nc2)cc1. The average Bonchev–Trinajstić information content (AvgIpc) is 2.48. The van der Waals surface area contributed by atoms with E-state index >= 15 is 0 Å². The lowest BCUT2D eigenvalue weighted by molar-refractivity contribution is 0.0690. The fraction of sp³-hybridized carbons (Fsp3) is 0.133. The first-order chi connectivity index (χ1) is 10.1. The number of aromatic nitrogens is 1. The number of carboxylic acids is 1. The highest BCUT2D eigenvalue weighted by Crippen LogP contribution is 2.11. The number of hydrogen-bond donors (Lipinski definition) is 3. The molecule has 0 saturated carbocycles. The molecule has 0 aliphatic rings. The summed E-state index contributed by atoms with van der Waals surface area (Å²) in [4.78, 5) is 26.2. The molecule has 0 aliphatic carbocycles. The second-order valence-electron chi connectivity index (χ2n) is 4.37. The molecule has 6 heteroatoms. The zero-order chi connectivity index (χ0) is 15.2. The first-order valence-corrected chi connectivity index (χ1v) is 6.45. The molecule has 1 aromatic heterocycles. The van der Waals surface area contributed by atoms with Crippen LogP contribution >= 0.6 is 0 Å². The number of carbonyl (C=O) groups excluding carboxylic acids is 1. The van der Waals surface area contributed by atoms with Gasteiger partial charge in [-0.1, -0.05) is 19.1 Å². The van der Waals surface area contributed by atoms with E-state index in [2.05, 4.69) is 22.5 Å². The zero-order valence-corrected chi connectivity index (χ0v) is 11.5. The smallest absolute Gasteiger partial charge is 0.354 e. The van der Waals surface area contributed by atoms with Crippen LogP contribution in [-0.2, 0) is 6.42 Å². The number of hydrogen-bond acceptors (Lipinski definition) is 3. The third-order valence-corrected chi connectivity index (χ3v) is 2.86. The molecule has 0 fully saturated rings. The number of amides is 2. The quantitative estimate of drug-likeness (QED) is 0.805. The normalized spacial score (nSPS) is 9.95. The number of carboxylic acid groups (broad SMARTS) is 1. The molecule has 0 unspecified atom stereocenters. The lowest BCUT2D eigenvalue weighted by atomic mass is 10.1. The maximum absolute atomic E-state index is 11.8. The van der Waals surface area contributed by atoms with Crippen LogP contribution in [0.4, 0.5) is 16.2 Å². The molecule has 108 valence electrons. The van der Waals surface area contributed by atoms with Crippen molar-refractivity contribution in [2.24, 2.45) is 0 Å². The Morgan fingerprint density at radius 1 is 1.05 bits per heavy atom. The number of nitrogens with one attached hydrogen (secondary N) is 2. The summed E-state index contributed by atoms with van der Waals surface area (Å²) in [6, 6.07) is 9.93. The Labute approximate surface area is 121 Å². The van der Waals surface area contributed by atoms with Gasteiger partial charge in [0, 0.05) is 5.69 Å². The number of aryl methyl sites for hydroxylation is 1. The number of aromatic carboxylic acids is 1. The van der Waals surface area contributed by atoms with Gasteiger partial charge in [-0.15, -0.1) is 0 Å². The van der Waals surface area contributed by atoms with Crippen molar-refractivity contribution in [3.05, 3.63) is 53.9 Å². The minimum absolute atomic E-state index is 0.0730. The van der Waals surface area contributed by atoms with Crippen molar-refractivity contribution < 1.29 is 14.7 Å². The Kier molecular flexibility index (Phi) is 4.50. The molecule has 2 rings (SSSR count). The van der Waals surface area contributed by atoms with Gasteiger partial charge in [0.05, 0.1) is 11.9 Å². The summed E-state index contributed by atoms with van der Waals surface area (Å²) in [6.45, 7) is 2.06. The van der Waals surface area contributed by atoms with Crippen molar-refractivity contribution >= 4 is 23.4 Å². The molecule has 1 heterocycles. The van der Waals surface area contributed by atoms with Gasteiger partial charge in [-0.2, -0.15) is 0 Å². The highest BCUT2D eigenvalue weighted by Gasteiger charge is 2.06. The summed E-state index contributed by atoms with van der Waals surface area (Å²) in [5.41, 5.74) is 2.22. The second kappa shape index (κ2) is 6.51. The van der Waals surface area contributed by atoms with Crippen LogP contribution in [0.3, 0.4) is 0 Å². The molecule has 0 saturated heterocycles. The summed E-state index contributed by atoms with van der Waals surface area (Å²) in [7, 11) is 0. The van der Waals surface area contributed by atoms with Crippen LogP contribution in [0, 0.1) is 0 Å². The van der Waals surface area contributed by atoms with Gasteiger partial charge in [0.2, 0.25) is 0 Å². The first-order valence-electron chi connectivity index (χ1n) is 6.45. The predicted octanol–water partition coefficient (Wildman–Crippen LogP) is 2.99. The summed E-state index contributed by atoms with van der Waals surface area (Å²) in [6.07, 6.45) is 2.23.